The van der Waals surface area contributed by atoms with Crippen LogP contribution in [0.25, 0.3) is 43.8 Å². The Morgan fingerprint density at radius 3 is 1.31 bits per heavy atom. The molecule has 0 amide bonds. The van der Waals surface area contributed by atoms with Gasteiger partial charge in [0.25, 0.3) is 0 Å². The van der Waals surface area contributed by atoms with Gasteiger partial charge >= 0.3 is 7.94 Å². The summed E-state index contributed by atoms with van der Waals surface area (Å²) in [4.78, 5) is 50.4. The SMILES string of the molecule is CC(C)(C)c1ccc2cc(-c3cc([P+](O)(O)O)c(C(C)(C)C)c(-c4cc5ccc(C(C)(C)C)cc5cc4C(C)(C)C)c3C(=O)c3ccccc3)c(C(C)(C)C)cc2c1. The van der Waals surface area contributed by atoms with Crippen LogP contribution in [-0.4, -0.2) is 20.5 Å². The molecule has 0 spiro atoms. The van der Waals surface area contributed by atoms with Crippen molar-refractivity contribution in [1.82, 2.24) is 0 Å². The molecule has 0 aliphatic carbocycles. The average Bonchev–Trinajstić information content (AvgIpc) is 3.10. The zero-order chi connectivity index (χ0) is 43.1. The smallest absolute Gasteiger partial charge is 0.289 e. The Balaban J connectivity index is 1.92. The summed E-state index contributed by atoms with van der Waals surface area (Å²) < 4.78 is 0. The van der Waals surface area contributed by atoms with Gasteiger partial charge in [-0.05, 0) is 118 Å². The van der Waals surface area contributed by atoms with Crippen molar-refractivity contribution in [3.05, 3.63) is 136 Å². The second kappa shape index (κ2) is 14.5. The van der Waals surface area contributed by atoms with Gasteiger partial charge in [-0.2, -0.15) is 14.7 Å². The summed E-state index contributed by atoms with van der Waals surface area (Å²) in [5.74, 6) is -0.175. The molecule has 0 aliphatic heterocycles. The van der Waals surface area contributed by atoms with Crippen LogP contribution in [0.4, 0.5) is 0 Å². The molecule has 58 heavy (non-hydrogen) atoms. The highest BCUT2D eigenvalue weighted by Gasteiger charge is 2.45. The standard InChI is InChI=1S/C53H64O4P/c1-49(2,3)37-23-21-33-27-39(42(51(7,8)9)29-35(33)25-37)40-31-44(58(55,56)57)47(53(13,14)15)45(46(40)48(54)32-19-17-16-18-20-32)41-28-34-22-24-38(50(4,5)6)26-36(34)30-43(41)52(10,11)12/h16-31,55-57H,1-15H3/q+1. The monoisotopic (exact) mass is 795 g/mol. The molecule has 6 aromatic carbocycles. The third kappa shape index (κ3) is 8.45. The molecule has 6 aromatic rings. The molecule has 0 atom stereocenters. The highest BCUT2D eigenvalue weighted by molar-refractivity contribution is 7.66. The summed E-state index contributed by atoms with van der Waals surface area (Å²) in [5, 5.41) is 4.26. The summed E-state index contributed by atoms with van der Waals surface area (Å²) in [6.07, 6.45) is 0. The van der Waals surface area contributed by atoms with Gasteiger partial charge in [0.2, 0.25) is 0 Å². The molecule has 304 valence electrons. The van der Waals surface area contributed by atoms with Gasteiger partial charge in [-0.25, -0.2) is 0 Å². The molecule has 0 radical (unpaired) electrons. The number of hydrogen-bond donors (Lipinski definition) is 3. The number of benzene rings is 6. The van der Waals surface area contributed by atoms with Crippen molar-refractivity contribution in [3.8, 4) is 22.3 Å². The molecule has 0 saturated heterocycles. The van der Waals surface area contributed by atoms with Gasteiger partial charge in [0.1, 0.15) is 0 Å². The van der Waals surface area contributed by atoms with Gasteiger partial charge in [0.15, 0.2) is 11.1 Å². The van der Waals surface area contributed by atoms with Crippen LogP contribution >= 0.6 is 7.94 Å². The third-order valence-corrected chi connectivity index (χ3v) is 12.5. The largest absolute Gasteiger partial charge is 0.441 e. The van der Waals surface area contributed by atoms with Crippen LogP contribution in [0.15, 0.2) is 97.1 Å². The Labute approximate surface area is 348 Å². The highest BCUT2D eigenvalue weighted by Crippen LogP contribution is 2.53. The molecular weight excluding hydrogens is 732 g/mol. The average molecular weight is 796 g/mol. The van der Waals surface area contributed by atoms with Crippen LogP contribution in [-0.2, 0) is 27.1 Å². The summed E-state index contributed by atoms with van der Waals surface area (Å²) in [7, 11) is -4.69. The first-order chi connectivity index (χ1) is 26.5. The minimum atomic E-state index is -4.69. The number of carbonyl (C=O) groups is 1. The Bertz CT molecular complexity index is 2560. The van der Waals surface area contributed by atoms with E-state index in [-0.39, 0.29) is 27.3 Å². The molecule has 6 rings (SSSR count). The van der Waals surface area contributed by atoms with E-state index in [1.807, 2.05) is 51.1 Å². The van der Waals surface area contributed by atoms with Crippen molar-refractivity contribution in [2.45, 2.75) is 131 Å². The quantitative estimate of drug-likeness (QED) is 0.120. The van der Waals surface area contributed by atoms with E-state index < -0.39 is 18.8 Å². The van der Waals surface area contributed by atoms with Crippen molar-refractivity contribution in [1.29, 1.82) is 0 Å². The van der Waals surface area contributed by atoms with E-state index in [1.54, 1.807) is 6.07 Å². The fourth-order valence-electron chi connectivity index (χ4n) is 8.32. The van der Waals surface area contributed by atoms with E-state index in [9.17, 15) is 14.7 Å². The third-order valence-electron chi connectivity index (χ3n) is 11.5. The fourth-order valence-corrected chi connectivity index (χ4v) is 9.36. The lowest BCUT2D eigenvalue weighted by Gasteiger charge is -2.33. The molecular formula is C53H64O4P+. The normalized spacial score (nSPS) is 13.4. The van der Waals surface area contributed by atoms with Crippen LogP contribution in [0.2, 0.25) is 0 Å². The van der Waals surface area contributed by atoms with Crippen molar-refractivity contribution < 1.29 is 19.5 Å². The Hall–Kier alpha value is -4.18. The van der Waals surface area contributed by atoms with Crippen LogP contribution < -0.4 is 5.30 Å². The molecule has 0 fully saturated rings. The van der Waals surface area contributed by atoms with Gasteiger partial charge in [-0.3, -0.25) is 4.79 Å². The maximum absolute atomic E-state index is 15.7. The fraction of sp³-hybridized carbons (Fsp3) is 0.377. The van der Waals surface area contributed by atoms with Crippen LogP contribution in [0.3, 0.4) is 0 Å². The predicted molar refractivity (Wildman–Crippen MR) is 249 cm³/mol. The van der Waals surface area contributed by atoms with Gasteiger partial charge in [0.05, 0.1) is 0 Å². The first-order valence-electron chi connectivity index (χ1n) is 20.6. The van der Waals surface area contributed by atoms with Gasteiger partial charge in [-0.1, -0.05) is 171 Å². The summed E-state index contributed by atoms with van der Waals surface area (Å²) in [6, 6.07) is 33.0. The molecule has 0 heterocycles. The maximum Gasteiger partial charge on any atom is 0.441 e. The van der Waals surface area contributed by atoms with Crippen molar-refractivity contribution >= 4 is 40.6 Å². The molecule has 5 heteroatoms. The summed E-state index contributed by atoms with van der Waals surface area (Å²) in [6.45, 7) is 32.4. The van der Waals surface area contributed by atoms with Crippen LogP contribution in [0.5, 0.6) is 0 Å². The Kier molecular flexibility index (Phi) is 10.9. The highest BCUT2D eigenvalue weighted by atomic mass is 31.2. The number of ketones is 1. The van der Waals surface area contributed by atoms with Crippen LogP contribution in [0, 0.1) is 0 Å². The van der Waals surface area contributed by atoms with Gasteiger partial charge in [0, 0.05) is 22.3 Å². The van der Waals surface area contributed by atoms with Gasteiger partial charge < -0.3 is 0 Å². The minimum Gasteiger partial charge on any atom is -0.289 e. The molecule has 4 nitrogen and oxygen atoms in total. The van der Waals surface area contributed by atoms with E-state index >= 15 is 4.79 Å². The lowest BCUT2D eigenvalue weighted by molar-refractivity contribution is 0.103. The lowest BCUT2D eigenvalue weighted by atomic mass is 9.71. The van der Waals surface area contributed by atoms with E-state index in [4.69, 9.17) is 0 Å². The molecule has 3 N–H and O–H groups in total. The molecule has 0 aromatic heterocycles. The number of fused-ring (bicyclic) bond motifs is 2. The van der Waals surface area contributed by atoms with E-state index in [2.05, 4.69) is 144 Å². The van der Waals surface area contributed by atoms with Crippen molar-refractivity contribution in [2.75, 3.05) is 0 Å². The molecule has 0 aliphatic rings. The molecule has 0 unspecified atom stereocenters. The molecule has 0 bridgehead atoms. The lowest BCUT2D eigenvalue weighted by Crippen LogP contribution is -2.29. The topological polar surface area (TPSA) is 77.8 Å². The van der Waals surface area contributed by atoms with E-state index in [1.165, 1.54) is 11.1 Å². The zero-order valence-electron chi connectivity index (χ0n) is 37.4. The zero-order valence-corrected chi connectivity index (χ0v) is 38.3. The van der Waals surface area contributed by atoms with Gasteiger partial charge in [-0.15, -0.1) is 0 Å². The predicted octanol–water partition coefficient (Wildman–Crippen LogP) is 13.4. The summed E-state index contributed by atoms with van der Waals surface area (Å²) >= 11 is 0. The van der Waals surface area contributed by atoms with Crippen molar-refractivity contribution in [2.24, 2.45) is 0 Å². The van der Waals surface area contributed by atoms with E-state index in [0.717, 1.165) is 43.8 Å². The second-order valence-corrected chi connectivity index (χ2v) is 23.1. The van der Waals surface area contributed by atoms with Crippen molar-refractivity contribution in [3.63, 3.8) is 0 Å². The molecule has 0 saturated carbocycles. The minimum absolute atomic E-state index is 0.0496. The second-order valence-electron chi connectivity index (χ2n) is 21.5. The first-order valence-corrected chi connectivity index (χ1v) is 22.2. The van der Waals surface area contributed by atoms with Crippen LogP contribution in [0.1, 0.15) is 148 Å². The Morgan fingerprint density at radius 1 is 0.448 bits per heavy atom. The summed E-state index contributed by atoms with van der Waals surface area (Å²) in [5.41, 5.74) is 7.21. The first kappa shape index (κ1) is 43.4. The number of hydrogen-bond acceptors (Lipinski definition) is 4. The number of rotatable bonds is 5. The Morgan fingerprint density at radius 2 is 0.897 bits per heavy atom. The van der Waals surface area contributed by atoms with E-state index in [0.29, 0.717) is 27.8 Å². The maximum atomic E-state index is 15.7. The number of carbonyl (C=O) groups excluding carboxylic acids is 1.